The second-order valence-corrected chi connectivity index (χ2v) is 2.90. The summed E-state index contributed by atoms with van der Waals surface area (Å²) >= 11 is 5.62. The molecule has 0 fully saturated rings. The van der Waals surface area contributed by atoms with Gasteiger partial charge in [-0.3, -0.25) is 10.2 Å². The number of nitrogens with two attached hydrogens (primary N) is 1. The number of aliphatic hydroxyl groups is 1. The van der Waals surface area contributed by atoms with Crippen molar-refractivity contribution < 1.29 is 9.90 Å². The van der Waals surface area contributed by atoms with Crippen molar-refractivity contribution in [1.29, 1.82) is 0 Å². The Morgan fingerprint density at radius 2 is 2.00 bits per heavy atom. The van der Waals surface area contributed by atoms with Crippen LogP contribution in [0.15, 0.2) is 24.3 Å². The van der Waals surface area contributed by atoms with Gasteiger partial charge in [0.25, 0.3) is 5.91 Å². The van der Waals surface area contributed by atoms with Gasteiger partial charge in [-0.15, -0.1) is 0 Å². The van der Waals surface area contributed by atoms with E-state index in [1.807, 2.05) is 5.43 Å². The maximum absolute atomic E-state index is 10.9. The van der Waals surface area contributed by atoms with E-state index in [9.17, 15) is 9.90 Å². The van der Waals surface area contributed by atoms with Gasteiger partial charge in [0.05, 0.1) is 0 Å². The lowest BCUT2D eigenvalue weighted by Crippen LogP contribution is -2.34. The molecule has 0 aliphatic heterocycles. The van der Waals surface area contributed by atoms with Gasteiger partial charge in [-0.05, 0) is 17.7 Å². The molecule has 1 atom stereocenters. The fourth-order valence-corrected chi connectivity index (χ4v) is 1.00. The standard InChI is InChI=1S/C8H9ClN2O2/c9-6-3-1-5(2-4-6)7(12)8(13)11-10/h1-4,7,12H,10H2,(H,11,13). The molecule has 0 saturated carbocycles. The molecular weight excluding hydrogens is 192 g/mol. The summed E-state index contributed by atoms with van der Waals surface area (Å²) in [5.41, 5.74) is 2.31. The van der Waals surface area contributed by atoms with E-state index in [-0.39, 0.29) is 0 Å². The molecular formula is C8H9ClN2O2. The number of benzene rings is 1. The highest BCUT2D eigenvalue weighted by Gasteiger charge is 2.15. The van der Waals surface area contributed by atoms with Gasteiger partial charge in [0.1, 0.15) is 0 Å². The summed E-state index contributed by atoms with van der Waals surface area (Å²) in [6.07, 6.45) is -1.25. The largest absolute Gasteiger partial charge is 0.378 e. The van der Waals surface area contributed by atoms with E-state index in [4.69, 9.17) is 17.4 Å². The molecule has 4 N–H and O–H groups in total. The van der Waals surface area contributed by atoms with Crippen molar-refractivity contribution >= 4 is 17.5 Å². The van der Waals surface area contributed by atoms with Gasteiger partial charge in [0.2, 0.25) is 0 Å². The summed E-state index contributed by atoms with van der Waals surface area (Å²) in [5.74, 6) is 4.20. The summed E-state index contributed by atoms with van der Waals surface area (Å²) in [6, 6.07) is 6.29. The van der Waals surface area contributed by atoms with Crippen molar-refractivity contribution in [3.63, 3.8) is 0 Å². The van der Waals surface area contributed by atoms with Crippen molar-refractivity contribution in [2.75, 3.05) is 0 Å². The lowest BCUT2D eigenvalue weighted by molar-refractivity contribution is -0.129. The zero-order valence-electron chi connectivity index (χ0n) is 6.70. The zero-order chi connectivity index (χ0) is 9.84. The number of halogens is 1. The predicted octanol–water partition coefficient (Wildman–Crippen LogP) is 0.363. The zero-order valence-corrected chi connectivity index (χ0v) is 7.45. The van der Waals surface area contributed by atoms with Gasteiger partial charge < -0.3 is 5.11 Å². The topological polar surface area (TPSA) is 75.3 Å². The highest BCUT2D eigenvalue weighted by Crippen LogP contribution is 2.15. The van der Waals surface area contributed by atoms with Crippen LogP contribution in [-0.4, -0.2) is 11.0 Å². The second-order valence-electron chi connectivity index (χ2n) is 2.46. The van der Waals surface area contributed by atoms with Crippen LogP contribution in [0.2, 0.25) is 5.02 Å². The van der Waals surface area contributed by atoms with Crippen molar-refractivity contribution in [3.8, 4) is 0 Å². The van der Waals surface area contributed by atoms with Crippen LogP contribution < -0.4 is 11.3 Å². The van der Waals surface area contributed by atoms with Crippen molar-refractivity contribution in [2.45, 2.75) is 6.10 Å². The number of nitrogens with one attached hydrogen (secondary N) is 1. The molecule has 13 heavy (non-hydrogen) atoms. The van der Waals surface area contributed by atoms with E-state index in [0.29, 0.717) is 10.6 Å². The van der Waals surface area contributed by atoms with Crippen molar-refractivity contribution in [2.24, 2.45) is 5.84 Å². The fraction of sp³-hybridized carbons (Fsp3) is 0.125. The minimum atomic E-state index is -1.25. The average Bonchev–Trinajstić information content (AvgIpc) is 2.17. The van der Waals surface area contributed by atoms with Gasteiger partial charge in [-0.1, -0.05) is 23.7 Å². The third kappa shape index (κ3) is 2.42. The number of amides is 1. The van der Waals surface area contributed by atoms with Crippen LogP contribution in [0.5, 0.6) is 0 Å². The molecule has 0 bridgehead atoms. The molecule has 4 nitrogen and oxygen atoms in total. The van der Waals surface area contributed by atoms with Gasteiger partial charge in [-0.25, -0.2) is 5.84 Å². The molecule has 1 unspecified atom stereocenters. The Labute approximate surface area is 80.3 Å². The van der Waals surface area contributed by atoms with Crippen LogP contribution >= 0.6 is 11.6 Å². The van der Waals surface area contributed by atoms with E-state index in [1.54, 1.807) is 24.3 Å². The van der Waals surface area contributed by atoms with Crippen molar-refractivity contribution in [3.05, 3.63) is 34.9 Å². The van der Waals surface area contributed by atoms with Crippen LogP contribution in [0, 0.1) is 0 Å². The van der Waals surface area contributed by atoms with E-state index in [1.165, 1.54) is 0 Å². The fourth-order valence-electron chi connectivity index (χ4n) is 0.875. The Morgan fingerprint density at radius 1 is 1.46 bits per heavy atom. The first-order valence-corrected chi connectivity index (χ1v) is 3.97. The molecule has 0 radical (unpaired) electrons. The van der Waals surface area contributed by atoms with Gasteiger partial charge in [0.15, 0.2) is 6.10 Å². The molecule has 1 rings (SSSR count). The van der Waals surface area contributed by atoms with Crippen LogP contribution in [-0.2, 0) is 4.79 Å². The minimum absolute atomic E-state index is 0.451. The Kier molecular flexibility index (Phi) is 3.25. The van der Waals surface area contributed by atoms with E-state index in [2.05, 4.69) is 0 Å². The number of carbonyl (C=O) groups excluding carboxylic acids is 1. The molecule has 5 heteroatoms. The molecule has 0 aliphatic carbocycles. The second kappa shape index (κ2) is 4.23. The molecule has 1 aromatic carbocycles. The maximum Gasteiger partial charge on any atom is 0.267 e. The molecule has 0 heterocycles. The smallest absolute Gasteiger partial charge is 0.267 e. The normalized spacial score (nSPS) is 12.2. The first-order valence-electron chi connectivity index (χ1n) is 3.59. The lowest BCUT2D eigenvalue weighted by Gasteiger charge is -2.08. The predicted molar refractivity (Wildman–Crippen MR) is 48.7 cm³/mol. The Hall–Kier alpha value is -1.10. The number of hydrogen-bond donors (Lipinski definition) is 3. The van der Waals surface area contributed by atoms with Gasteiger partial charge in [-0.2, -0.15) is 0 Å². The third-order valence-electron chi connectivity index (χ3n) is 1.58. The highest BCUT2D eigenvalue weighted by atomic mass is 35.5. The lowest BCUT2D eigenvalue weighted by atomic mass is 10.1. The third-order valence-corrected chi connectivity index (χ3v) is 1.83. The quantitative estimate of drug-likeness (QED) is 0.367. The van der Waals surface area contributed by atoms with Gasteiger partial charge >= 0.3 is 0 Å². The number of aliphatic hydroxyl groups excluding tert-OH is 1. The number of rotatable bonds is 2. The molecule has 0 saturated heterocycles. The van der Waals surface area contributed by atoms with Gasteiger partial charge in [0, 0.05) is 5.02 Å². The molecule has 0 spiro atoms. The van der Waals surface area contributed by atoms with Crippen LogP contribution in [0.4, 0.5) is 0 Å². The van der Waals surface area contributed by atoms with Crippen LogP contribution in [0.25, 0.3) is 0 Å². The number of hydrazine groups is 1. The molecule has 1 amide bonds. The summed E-state index contributed by atoms with van der Waals surface area (Å²) in [5, 5.41) is 9.89. The molecule has 0 aliphatic rings. The van der Waals surface area contributed by atoms with Crippen LogP contribution in [0.3, 0.4) is 0 Å². The van der Waals surface area contributed by atoms with E-state index >= 15 is 0 Å². The Morgan fingerprint density at radius 3 is 2.46 bits per heavy atom. The average molecular weight is 201 g/mol. The number of hydrogen-bond acceptors (Lipinski definition) is 3. The van der Waals surface area contributed by atoms with E-state index in [0.717, 1.165) is 0 Å². The SMILES string of the molecule is NNC(=O)C(O)c1ccc(Cl)cc1. The maximum atomic E-state index is 10.9. The first kappa shape index (κ1) is 9.98. The Balaban J connectivity index is 2.83. The highest BCUT2D eigenvalue weighted by molar-refractivity contribution is 6.30. The summed E-state index contributed by atoms with van der Waals surface area (Å²) < 4.78 is 0. The van der Waals surface area contributed by atoms with E-state index < -0.39 is 12.0 Å². The monoisotopic (exact) mass is 200 g/mol. The molecule has 0 aromatic heterocycles. The molecule has 1 aromatic rings. The minimum Gasteiger partial charge on any atom is -0.378 e. The first-order chi connectivity index (χ1) is 6.15. The summed E-state index contributed by atoms with van der Waals surface area (Å²) in [6.45, 7) is 0. The van der Waals surface area contributed by atoms with Crippen LogP contribution in [0.1, 0.15) is 11.7 Å². The Bertz CT molecular complexity index is 300. The van der Waals surface area contributed by atoms with Crippen molar-refractivity contribution in [1.82, 2.24) is 5.43 Å². The summed E-state index contributed by atoms with van der Waals surface area (Å²) in [4.78, 5) is 10.9. The molecule has 70 valence electrons. The number of carbonyl (C=O) groups is 1. The summed E-state index contributed by atoms with van der Waals surface area (Å²) in [7, 11) is 0.